The number of benzene rings is 1. The molecule has 2 N–H and O–H groups in total. The van der Waals surface area contributed by atoms with Crippen molar-refractivity contribution in [1.82, 2.24) is 5.32 Å². The van der Waals surface area contributed by atoms with E-state index in [4.69, 9.17) is 4.74 Å². The molecule has 0 heterocycles. The third-order valence-electron chi connectivity index (χ3n) is 2.93. The number of carbonyl (C=O) groups excluding carboxylic acids is 1. The third-order valence-corrected chi connectivity index (χ3v) is 5.11. The smallest absolute Gasteiger partial charge is 0.230 e. The van der Waals surface area contributed by atoms with Crippen molar-refractivity contribution in [3.63, 3.8) is 0 Å². The zero-order valence-electron chi connectivity index (χ0n) is 12.7. The molecule has 1 amide bonds. The van der Waals surface area contributed by atoms with Crippen LogP contribution in [0.2, 0.25) is 0 Å². The summed E-state index contributed by atoms with van der Waals surface area (Å²) in [5, 5.41) is 12.1. The second-order valence-electron chi connectivity index (χ2n) is 4.51. The number of hydrogen-bond acceptors (Lipinski definition) is 5. The van der Waals surface area contributed by atoms with Gasteiger partial charge >= 0.3 is 0 Å². The Morgan fingerprint density at radius 2 is 2.05 bits per heavy atom. The van der Waals surface area contributed by atoms with Crippen LogP contribution in [0.25, 0.3) is 0 Å². The van der Waals surface area contributed by atoms with Crippen LogP contribution in [0.5, 0.6) is 5.75 Å². The quantitative estimate of drug-likeness (QED) is 0.681. The Labute approximate surface area is 135 Å². The molecule has 21 heavy (non-hydrogen) atoms. The van der Waals surface area contributed by atoms with Crippen LogP contribution in [0.3, 0.4) is 0 Å². The van der Waals surface area contributed by atoms with Gasteiger partial charge in [0.15, 0.2) is 0 Å². The van der Waals surface area contributed by atoms with Gasteiger partial charge in [0.2, 0.25) is 5.91 Å². The summed E-state index contributed by atoms with van der Waals surface area (Å²) in [5.41, 5.74) is 0. The van der Waals surface area contributed by atoms with Gasteiger partial charge in [-0.25, -0.2) is 0 Å². The minimum Gasteiger partial charge on any atom is -0.494 e. The maximum absolute atomic E-state index is 11.9. The van der Waals surface area contributed by atoms with Crippen molar-refractivity contribution in [3.05, 3.63) is 24.3 Å². The Morgan fingerprint density at radius 3 is 2.57 bits per heavy atom. The van der Waals surface area contributed by atoms with Crippen molar-refractivity contribution in [1.29, 1.82) is 0 Å². The fourth-order valence-electron chi connectivity index (χ4n) is 1.77. The number of aliphatic hydroxyl groups is 1. The molecule has 0 saturated carbocycles. The largest absolute Gasteiger partial charge is 0.494 e. The molecule has 1 rings (SSSR count). The van der Waals surface area contributed by atoms with Gasteiger partial charge in [-0.15, -0.1) is 11.8 Å². The number of hydrogen-bond donors (Lipinski definition) is 2. The first-order valence-electron chi connectivity index (χ1n) is 6.89. The van der Waals surface area contributed by atoms with Crippen LogP contribution in [0, 0.1) is 0 Å². The molecule has 4 nitrogen and oxygen atoms in total. The lowest BCUT2D eigenvalue weighted by atomic mass is 10.2. The molecule has 0 radical (unpaired) electrons. The van der Waals surface area contributed by atoms with Gasteiger partial charge in [0.25, 0.3) is 0 Å². The maximum atomic E-state index is 11.9. The van der Waals surface area contributed by atoms with E-state index in [0.29, 0.717) is 12.4 Å². The fraction of sp³-hybridized carbons (Fsp3) is 0.533. The standard InChI is InChI=1S/C15H23NO3S2/c1-4-19-12-5-7-13(8-6-12)21-10-15(18)16-11(2)14(9-17)20-3/h5-8,11,14,17H,4,9-10H2,1-3H3,(H,16,18). The number of rotatable bonds is 9. The number of carbonyl (C=O) groups is 1. The van der Waals surface area contributed by atoms with E-state index in [2.05, 4.69) is 5.32 Å². The zero-order valence-corrected chi connectivity index (χ0v) is 14.3. The molecule has 0 aliphatic heterocycles. The minimum absolute atomic E-state index is 0.0196. The summed E-state index contributed by atoms with van der Waals surface area (Å²) in [5.74, 6) is 1.18. The van der Waals surface area contributed by atoms with E-state index in [-0.39, 0.29) is 23.8 Å². The molecular weight excluding hydrogens is 306 g/mol. The van der Waals surface area contributed by atoms with Crippen molar-refractivity contribution in [3.8, 4) is 5.75 Å². The van der Waals surface area contributed by atoms with Crippen molar-refractivity contribution in [2.24, 2.45) is 0 Å². The molecule has 1 aromatic rings. The van der Waals surface area contributed by atoms with E-state index in [1.807, 2.05) is 44.4 Å². The summed E-state index contributed by atoms with van der Waals surface area (Å²) < 4.78 is 5.38. The van der Waals surface area contributed by atoms with E-state index in [1.54, 1.807) is 11.8 Å². The molecule has 0 saturated heterocycles. The summed E-state index contributed by atoms with van der Waals surface area (Å²) in [6, 6.07) is 7.66. The first-order valence-corrected chi connectivity index (χ1v) is 9.16. The van der Waals surface area contributed by atoms with Crippen LogP contribution in [0.1, 0.15) is 13.8 Å². The van der Waals surface area contributed by atoms with Crippen LogP contribution < -0.4 is 10.1 Å². The van der Waals surface area contributed by atoms with Crippen molar-refractivity contribution in [2.45, 2.75) is 30.0 Å². The molecule has 1 aromatic carbocycles. The maximum Gasteiger partial charge on any atom is 0.230 e. The van der Waals surface area contributed by atoms with Gasteiger partial charge in [0.05, 0.1) is 19.0 Å². The molecule has 118 valence electrons. The number of aliphatic hydroxyl groups excluding tert-OH is 1. The summed E-state index contributed by atoms with van der Waals surface area (Å²) >= 11 is 3.04. The summed E-state index contributed by atoms with van der Waals surface area (Å²) in [6.45, 7) is 4.57. The van der Waals surface area contributed by atoms with E-state index < -0.39 is 0 Å². The molecule has 2 atom stereocenters. The number of amides is 1. The molecule has 6 heteroatoms. The Hall–Kier alpha value is -0.850. The second kappa shape index (κ2) is 9.97. The van der Waals surface area contributed by atoms with E-state index >= 15 is 0 Å². The van der Waals surface area contributed by atoms with Gasteiger partial charge in [0.1, 0.15) is 5.75 Å². The van der Waals surface area contributed by atoms with Crippen LogP contribution in [0.4, 0.5) is 0 Å². The fourth-order valence-corrected chi connectivity index (χ4v) is 3.11. The molecule has 0 aliphatic rings. The number of ether oxygens (including phenoxy) is 1. The normalized spacial score (nSPS) is 13.5. The van der Waals surface area contributed by atoms with Crippen LogP contribution >= 0.6 is 23.5 Å². The van der Waals surface area contributed by atoms with Crippen LogP contribution in [-0.2, 0) is 4.79 Å². The third kappa shape index (κ3) is 6.63. The Bertz CT molecular complexity index is 421. The molecule has 0 spiro atoms. The van der Waals surface area contributed by atoms with E-state index in [1.165, 1.54) is 11.8 Å². The van der Waals surface area contributed by atoms with Gasteiger partial charge in [0, 0.05) is 16.2 Å². The highest BCUT2D eigenvalue weighted by Gasteiger charge is 2.17. The Kier molecular flexibility index (Phi) is 8.64. The first-order chi connectivity index (χ1) is 10.1. The highest BCUT2D eigenvalue weighted by atomic mass is 32.2. The highest BCUT2D eigenvalue weighted by Crippen LogP contribution is 2.21. The summed E-state index contributed by atoms with van der Waals surface area (Å²) in [4.78, 5) is 12.9. The van der Waals surface area contributed by atoms with Gasteiger partial charge in [-0.2, -0.15) is 11.8 Å². The molecule has 2 unspecified atom stereocenters. The molecule has 0 bridgehead atoms. The number of thioether (sulfide) groups is 2. The Balaban J connectivity index is 2.38. The highest BCUT2D eigenvalue weighted by molar-refractivity contribution is 8.00. The monoisotopic (exact) mass is 329 g/mol. The van der Waals surface area contributed by atoms with Crippen molar-refractivity contribution in [2.75, 3.05) is 25.2 Å². The predicted octanol–water partition coefficient (Wildman–Crippen LogP) is 2.41. The second-order valence-corrected chi connectivity index (χ2v) is 6.63. The van der Waals surface area contributed by atoms with Crippen LogP contribution in [0.15, 0.2) is 29.2 Å². The lowest BCUT2D eigenvalue weighted by Gasteiger charge is -2.21. The van der Waals surface area contributed by atoms with E-state index in [9.17, 15) is 9.90 Å². The molecule has 0 fully saturated rings. The lowest BCUT2D eigenvalue weighted by molar-refractivity contribution is -0.119. The summed E-state index contributed by atoms with van der Waals surface area (Å²) in [7, 11) is 0. The van der Waals surface area contributed by atoms with Crippen LogP contribution in [-0.4, -0.2) is 47.5 Å². The van der Waals surface area contributed by atoms with Gasteiger partial charge in [-0.05, 0) is 44.4 Å². The minimum atomic E-state index is -0.0431. The van der Waals surface area contributed by atoms with Gasteiger partial charge in [-0.1, -0.05) is 0 Å². The SMILES string of the molecule is CCOc1ccc(SCC(=O)NC(C)C(CO)SC)cc1. The number of nitrogens with one attached hydrogen (secondary N) is 1. The predicted molar refractivity (Wildman–Crippen MR) is 90.3 cm³/mol. The van der Waals surface area contributed by atoms with Crippen molar-refractivity contribution >= 4 is 29.4 Å². The molecule has 0 aromatic heterocycles. The molecule has 0 aliphatic carbocycles. The Morgan fingerprint density at radius 1 is 1.38 bits per heavy atom. The van der Waals surface area contributed by atoms with Crippen molar-refractivity contribution < 1.29 is 14.6 Å². The summed E-state index contributed by atoms with van der Waals surface area (Å²) in [6.07, 6.45) is 1.93. The van der Waals surface area contributed by atoms with Gasteiger partial charge in [-0.3, -0.25) is 4.79 Å². The average molecular weight is 329 g/mol. The topological polar surface area (TPSA) is 58.6 Å². The lowest BCUT2D eigenvalue weighted by Crippen LogP contribution is -2.42. The zero-order chi connectivity index (χ0) is 15.7. The average Bonchev–Trinajstić information content (AvgIpc) is 2.48. The van der Waals surface area contributed by atoms with E-state index in [0.717, 1.165) is 10.6 Å². The first kappa shape index (κ1) is 18.2. The van der Waals surface area contributed by atoms with Gasteiger partial charge < -0.3 is 15.2 Å². The molecular formula is C15H23NO3S2.